The van der Waals surface area contributed by atoms with E-state index in [0.29, 0.717) is 9.96 Å². The highest BCUT2D eigenvalue weighted by atomic mass is 32.2. The van der Waals surface area contributed by atoms with Gasteiger partial charge in [-0.05, 0) is 48.9 Å². The lowest BCUT2D eigenvalue weighted by molar-refractivity contribution is -0.0586. The highest BCUT2D eigenvalue weighted by Gasteiger charge is 2.39. The number of fused-ring (bicyclic) bond motifs is 1. The summed E-state index contributed by atoms with van der Waals surface area (Å²) in [4.78, 5) is 44.5. The maximum absolute atomic E-state index is 12.8. The number of benzene rings is 3. The summed E-state index contributed by atoms with van der Waals surface area (Å²) in [6.45, 7) is 1.92. The van der Waals surface area contributed by atoms with Crippen molar-refractivity contribution < 1.29 is 19.2 Å². The summed E-state index contributed by atoms with van der Waals surface area (Å²) in [5, 5.41) is 0.532. The van der Waals surface area contributed by atoms with Crippen LogP contribution in [-0.4, -0.2) is 22.8 Å². The van der Waals surface area contributed by atoms with E-state index in [1.165, 1.54) is 23.9 Å². The molecule has 28 heavy (non-hydrogen) atoms. The summed E-state index contributed by atoms with van der Waals surface area (Å²) in [6, 6.07) is 21.3. The van der Waals surface area contributed by atoms with Gasteiger partial charge in [0.1, 0.15) is 0 Å². The van der Waals surface area contributed by atoms with E-state index in [1.54, 1.807) is 24.3 Å². The van der Waals surface area contributed by atoms with Gasteiger partial charge in [0.05, 0.1) is 16.7 Å². The van der Waals surface area contributed by atoms with Crippen LogP contribution in [0.15, 0.2) is 82.6 Å². The third-order valence-corrected chi connectivity index (χ3v) is 5.32. The smallest absolute Gasteiger partial charge is 0.324 e. The molecule has 138 valence electrons. The Kier molecular flexibility index (Phi) is 4.71. The molecule has 4 rings (SSSR count). The lowest BCUT2D eigenvalue weighted by atomic mass is 10.1. The molecule has 0 aromatic heterocycles. The Morgan fingerprint density at radius 1 is 0.857 bits per heavy atom. The Morgan fingerprint density at radius 3 is 2.11 bits per heavy atom. The first-order valence-electron chi connectivity index (χ1n) is 8.58. The van der Waals surface area contributed by atoms with Crippen LogP contribution in [0.5, 0.6) is 0 Å². The molecule has 6 heteroatoms. The molecule has 3 aromatic carbocycles. The zero-order valence-corrected chi connectivity index (χ0v) is 15.7. The van der Waals surface area contributed by atoms with Crippen molar-refractivity contribution in [2.75, 3.05) is 0 Å². The molecule has 3 aromatic rings. The van der Waals surface area contributed by atoms with Gasteiger partial charge in [-0.3, -0.25) is 9.59 Å². The lowest BCUT2D eigenvalue weighted by Gasteiger charge is -2.15. The van der Waals surface area contributed by atoms with E-state index in [4.69, 9.17) is 4.84 Å². The van der Waals surface area contributed by atoms with Gasteiger partial charge in [-0.1, -0.05) is 53.2 Å². The molecule has 0 radical (unpaired) electrons. The Bertz CT molecular complexity index is 1060. The largest absolute Gasteiger partial charge is 0.365 e. The van der Waals surface area contributed by atoms with Gasteiger partial charge in [0.15, 0.2) is 0 Å². The van der Waals surface area contributed by atoms with Crippen LogP contribution in [0.1, 0.15) is 36.6 Å². The van der Waals surface area contributed by atoms with Crippen LogP contribution >= 0.6 is 11.8 Å². The number of amides is 2. The molecule has 1 aliphatic rings. The molecule has 0 saturated carbocycles. The Hall–Kier alpha value is -3.38. The summed E-state index contributed by atoms with van der Waals surface area (Å²) in [7, 11) is 0. The summed E-state index contributed by atoms with van der Waals surface area (Å²) in [5.74, 6) is -2.04. The average Bonchev–Trinajstić information content (AvgIpc) is 2.94. The first kappa shape index (κ1) is 18.0. The molecule has 0 saturated heterocycles. The molecule has 0 fully saturated rings. The van der Waals surface area contributed by atoms with Gasteiger partial charge >= 0.3 is 5.97 Å². The average molecular weight is 389 g/mol. The van der Waals surface area contributed by atoms with Crippen molar-refractivity contribution in [3.63, 3.8) is 0 Å². The van der Waals surface area contributed by atoms with Gasteiger partial charge < -0.3 is 4.84 Å². The highest BCUT2D eigenvalue weighted by molar-refractivity contribution is 7.99. The fraction of sp³-hybridized carbons (Fsp3) is 0.0455. The molecule has 0 unspecified atom stereocenters. The van der Waals surface area contributed by atoms with Crippen LogP contribution in [0.25, 0.3) is 0 Å². The second-order valence-corrected chi connectivity index (χ2v) is 7.36. The first-order chi connectivity index (χ1) is 13.5. The molecule has 0 N–H and O–H groups in total. The van der Waals surface area contributed by atoms with Crippen LogP contribution in [0.2, 0.25) is 0 Å². The van der Waals surface area contributed by atoms with Crippen LogP contribution in [0.4, 0.5) is 0 Å². The normalized spacial score (nSPS) is 12.8. The van der Waals surface area contributed by atoms with E-state index in [1.807, 2.05) is 43.3 Å². The van der Waals surface area contributed by atoms with Crippen LogP contribution < -0.4 is 0 Å². The fourth-order valence-corrected chi connectivity index (χ4v) is 3.93. The van der Waals surface area contributed by atoms with Crippen molar-refractivity contribution in [1.82, 2.24) is 5.06 Å². The summed E-state index contributed by atoms with van der Waals surface area (Å²) in [6.07, 6.45) is 0. The standard InChI is InChI=1S/C22H15NO4S/c1-14-11-12-18(19(13-14)28-15-7-3-2-4-8-15)22(26)27-23-20(24)16-9-5-6-10-17(16)21(23)25/h2-13H,1H3. The number of hydrogen-bond donors (Lipinski definition) is 0. The second-order valence-electron chi connectivity index (χ2n) is 6.24. The topological polar surface area (TPSA) is 63.7 Å². The van der Waals surface area contributed by atoms with E-state index in [0.717, 1.165) is 10.5 Å². The van der Waals surface area contributed by atoms with Crippen LogP contribution in [-0.2, 0) is 4.84 Å². The summed E-state index contributed by atoms with van der Waals surface area (Å²) >= 11 is 1.41. The molecule has 1 heterocycles. The maximum atomic E-state index is 12.8. The monoisotopic (exact) mass is 389 g/mol. The summed E-state index contributed by atoms with van der Waals surface area (Å²) in [5.41, 5.74) is 1.72. The highest BCUT2D eigenvalue weighted by Crippen LogP contribution is 2.32. The van der Waals surface area contributed by atoms with Gasteiger partial charge in [-0.15, -0.1) is 0 Å². The Morgan fingerprint density at radius 2 is 1.46 bits per heavy atom. The molecule has 0 bridgehead atoms. The number of hydroxylamine groups is 2. The molecule has 0 spiro atoms. The quantitative estimate of drug-likeness (QED) is 0.614. The van der Waals surface area contributed by atoms with E-state index < -0.39 is 17.8 Å². The predicted molar refractivity (Wildman–Crippen MR) is 104 cm³/mol. The molecular formula is C22H15NO4S. The zero-order valence-electron chi connectivity index (χ0n) is 14.9. The van der Waals surface area contributed by atoms with Gasteiger partial charge in [0, 0.05) is 9.79 Å². The number of nitrogens with zero attached hydrogens (tertiary/aromatic N) is 1. The van der Waals surface area contributed by atoms with Crippen LogP contribution in [0.3, 0.4) is 0 Å². The molecule has 5 nitrogen and oxygen atoms in total. The van der Waals surface area contributed by atoms with Gasteiger partial charge in [0.2, 0.25) is 0 Å². The number of hydrogen-bond acceptors (Lipinski definition) is 5. The lowest BCUT2D eigenvalue weighted by Crippen LogP contribution is -2.32. The van der Waals surface area contributed by atoms with Gasteiger partial charge in [-0.25, -0.2) is 4.79 Å². The SMILES string of the molecule is Cc1ccc(C(=O)ON2C(=O)c3ccccc3C2=O)c(Sc2ccccc2)c1. The number of carbonyl (C=O) groups excluding carboxylic acids is 3. The Balaban J connectivity index is 1.61. The second kappa shape index (κ2) is 7.32. The summed E-state index contributed by atoms with van der Waals surface area (Å²) < 4.78 is 0. The van der Waals surface area contributed by atoms with E-state index in [9.17, 15) is 14.4 Å². The number of aryl methyl sites for hydroxylation is 1. The van der Waals surface area contributed by atoms with Crippen LogP contribution in [0, 0.1) is 6.92 Å². The third kappa shape index (κ3) is 3.30. The predicted octanol–water partition coefficient (Wildman–Crippen LogP) is 4.51. The van der Waals surface area contributed by atoms with Crippen molar-refractivity contribution >= 4 is 29.5 Å². The van der Waals surface area contributed by atoms with Crippen molar-refractivity contribution in [3.8, 4) is 0 Å². The number of imide groups is 1. The molecule has 1 aliphatic heterocycles. The Labute approximate surface area is 165 Å². The molecule has 2 amide bonds. The maximum Gasteiger partial charge on any atom is 0.365 e. The van der Waals surface area contributed by atoms with E-state index in [-0.39, 0.29) is 16.7 Å². The minimum absolute atomic E-state index is 0.225. The van der Waals surface area contributed by atoms with Gasteiger partial charge in [-0.2, -0.15) is 0 Å². The van der Waals surface area contributed by atoms with E-state index >= 15 is 0 Å². The number of rotatable bonds is 4. The van der Waals surface area contributed by atoms with E-state index in [2.05, 4.69) is 0 Å². The van der Waals surface area contributed by atoms with Crippen molar-refractivity contribution in [2.45, 2.75) is 16.7 Å². The first-order valence-corrected chi connectivity index (χ1v) is 9.40. The molecule has 0 atom stereocenters. The minimum Gasteiger partial charge on any atom is -0.324 e. The fourth-order valence-electron chi connectivity index (χ4n) is 2.88. The minimum atomic E-state index is -0.757. The van der Waals surface area contributed by atoms with Crippen molar-refractivity contribution in [3.05, 3.63) is 95.1 Å². The third-order valence-electron chi connectivity index (χ3n) is 4.26. The zero-order chi connectivity index (χ0) is 19.7. The molecular weight excluding hydrogens is 374 g/mol. The molecule has 0 aliphatic carbocycles. The van der Waals surface area contributed by atoms with Gasteiger partial charge in [0.25, 0.3) is 11.8 Å². The van der Waals surface area contributed by atoms with Crippen molar-refractivity contribution in [1.29, 1.82) is 0 Å². The van der Waals surface area contributed by atoms with Crippen molar-refractivity contribution in [2.24, 2.45) is 0 Å². The number of carbonyl (C=O) groups is 3.